The second-order valence-corrected chi connectivity index (χ2v) is 8.20. The summed E-state index contributed by atoms with van der Waals surface area (Å²) in [5.74, 6) is 0.122. The minimum atomic E-state index is -0.312. The highest BCUT2D eigenvalue weighted by molar-refractivity contribution is 5.98. The van der Waals surface area contributed by atoms with Crippen LogP contribution in [0.2, 0.25) is 0 Å². The minimum Gasteiger partial charge on any atom is -0.340 e. The summed E-state index contributed by atoms with van der Waals surface area (Å²) in [6.45, 7) is 3.45. The number of aromatic nitrogens is 3. The zero-order chi connectivity index (χ0) is 22.8. The van der Waals surface area contributed by atoms with Crippen LogP contribution in [0.1, 0.15) is 15.9 Å². The molecule has 4 aromatic rings. The molecule has 0 radical (unpaired) electrons. The lowest BCUT2D eigenvalue weighted by molar-refractivity contribution is 0.0786. The normalized spacial score (nSPS) is 11.3. The van der Waals surface area contributed by atoms with Crippen LogP contribution in [0.4, 0.5) is 4.39 Å². The maximum Gasteiger partial charge on any atom is 0.253 e. The van der Waals surface area contributed by atoms with Crippen LogP contribution in [0.15, 0.2) is 61.1 Å². The summed E-state index contributed by atoms with van der Waals surface area (Å²) >= 11 is 0. The number of fused-ring (bicyclic) bond motifs is 1. The largest absolute Gasteiger partial charge is 0.340 e. The first kappa shape index (κ1) is 21.6. The predicted octanol–water partition coefficient (Wildman–Crippen LogP) is 4.17. The van der Waals surface area contributed by atoms with Crippen LogP contribution in [0.5, 0.6) is 0 Å². The van der Waals surface area contributed by atoms with Crippen LogP contribution in [-0.4, -0.2) is 64.5 Å². The summed E-state index contributed by atoms with van der Waals surface area (Å²) in [4.78, 5) is 25.6. The molecule has 2 aromatic carbocycles. The molecule has 0 bridgehead atoms. The van der Waals surface area contributed by atoms with Crippen molar-refractivity contribution < 1.29 is 9.18 Å². The van der Waals surface area contributed by atoms with E-state index in [-0.39, 0.29) is 11.7 Å². The maximum atomic E-state index is 14.1. The number of likely N-dealkylation sites (N-methyl/N-ethyl adjacent to an activating group) is 2. The quantitative estimate of drug-likeness (QED) is 0.460. The summed E-state index contributed by atoms with van der Waals surface area (Å²) in [5, 5.41) is 1.03. The number of hydrogen-bond acceptors (Lipinski definition) is 4. The number of carbonyl (C=O) groups excluding carboxylic acids is 1. The third-order valence-corrected chi connectivity index (χ3v) is 5.52. The third kappa shape index (κ3) is 4.24. The molecule has 0 aliphatic rings. The third-order valence-electron chi connectivity index (χ3n) is 5.52. The molecule has 7 heteroatoms. The van der Waals surface area contributed by atoms with Crippen LogP contribution in [0.25, 0.3) is 28.0 Å². The van der Waals surface area contributed by atoms with Gasteiger partial charge in [-0.1, -0.05) is 24.3 Å². The van der Waals surface area contributed by atoms with E-state index < -0.39 is 0 Å². The van der Waals surface area contributed by atoms with Crippen molar-refractivity contribution in [1.82, 2.24) is 24.3 Å². The molecule has 4 rings (SSSR count). The van der Waals surface area contributed by atoms with Crippen molar-refractivity contribution in [2.75, 3.05) is 34.2 Å². The van der Waals surface area contributed by atoms with Gasteiger partial charge in [0, 0.05) is 60.8 Å². The molecule has 0 aliphatic heterocycles. The van der Waals surface area contributed by atoms with E-state index in [2.05, 4.69) is 9.97 Å². The van der Waals surface area contributed by atoms with Gasteiger partial charge in [0.15, 0.2) is 0 Å². The molecule has 2 aromatic heterocycles. The van der Waals surface area contributed by atoms with Crippen LogP contribution in [0.3, 0.4) is 0 Å². The highest BCUT2D eigenvalue weighted by Gasteiger charge is 2.16. The molecule has 6 nitrogen and oxygen atoms in total. The zero-order valence-electron chi connectivity index (χ0n) is 18.7. The molecule has 0 aliphatic carbocycles. The summed E-state index contributed by atoms with van der Waals surface area (Å²) in [5.41, 5.74) is 3.59. The molecular weight excluding hydrogens is 405 g/mol. The van der Waals surface area contributed by atoms with E-state index in [9.17, 15) is 9.18 Å². The van der Waals surface area contributed by atoms with E-state index >= 15 is 0 Å². The summed E-state index contributed by atoms with van der Waals surface area (Å²) in [7, 11) is 5.78. The minimum absolute atomic E-state index is 0.0324. The summed E-state index contributed by atoms with van der Waals surface area (Å²) in [6, 6.07) is 12.2. The Morgan fingerprint density at radius 3 is 2.44 bits per heavy atom. The van der Waals surface area contributed by atoms with Gasteiger partial charge in [-0.15, -0.1) is 0 Å². The summed E-state index contributed by atoms with van der Waals surface area (Å²) < 4.78 is 16.0. The van der Waals surface area contributed by atoms with E-state index in [0.717, 1.165) is 23.0 Å². The van der Waals surface area contributed by atoms with Gasteiger partial charge in [0.25, 0.3) is 5.91 Å². The van der Waals surface area contributed by atoms with Gasteiger partial charge in [-0.25, -0.2) is 14.4 Å². The number of carbonyl (C=O) groups is 1. The van der Waals surface area contributed by atoms with Crippen molar-refractivity contribution in [1.29, 1.82) is 0 Å². The van der Waals surface area contributed by atoms with Gasteiger partial charge in [0.2, 0.25) is 5.95 Å². The number of halogens is 1. The molecule has 0 spiro atoms. The highest BCUT2D eigenvalue weighted by Crippen LogP contribution is 2.26. The van der Waals surface area contributed by atoms with E-state index in [4.69, 9.17) is 0 Å². The van der Waals surface area contributed by atoms with E-state index in [1.54, 1.807) is 35.5 Å². The Morgan fingerprint density at radius 2 is 1.75 bits per heavy atom. The van der Waals surface area contributed by atoms with E-state index in [1.165, 1.54) is 6.07 Å². The molecule has 0 fully saturated rings. The van der Waals surface area contributed by atoms with Crippen LogP contribution in [-0.2, 0) is 0 Å². The van der Waals surface area contributed by atoms with Crippen molar-refractivity contribution in [3.05, 3.63) is 78.0 Å². The van der Waals surface area contributed by atoms with Gasteiger partial charge in [0.05, 0.1) is 5.52 Å². The van der Waals surface area contributed by atoms with Crippen molar-refractivity contribution in [2.45, 2.75) is 6.92 Å². The lowest BCUT2D eigenvalue weighted by Crippen LogP contribution is -2.33. The Labute approximate surface area is 186 Å². The number of hydrogen-bond donors (Lipinski definition) is 0. The molecule has 164 valence electrons. The van der Waals surface area contributed by atoms with Crippen LogP contribution in [0, 0.1) is 12.7 Å². The fourth-order valence-electron chi connectivity index (χ4n) is 3.65. The fraction of sp³-hybridized carbons (Fsp3) is 0.240. The first-order chi connectivity index (χ1) is 15.3. The van der Waals surface area contributed by atoms with Gasteiger partial charge >= 0.3 is 0 Å². The van der Waals surface area contributed by atoms with Gasteiger partial charge in [-0.05, 0) is 44.8 Å². The molecule has 1 amide bonds. The Hall–Kier alpha value is -3.58. The fourth-order valence-corrected chi connectivity index (χ4v) is 3.65. The highest BCUT2D eigenvalue weighted by atomic mass is 19.1. The topological polar surface area (TPSA) is 54.3 Å². The van der Waals surface area contributed by atoms with Crippen molar-refractivity contribution >= 4 is 16.8 Å². The van der Waals surface area contributed by atoms with Crippen LogP contribution >= 0.6 is 0 Å². The second kappa shape index (κ2) is 8.88. The maximum absolute atomic E-state index is 14.1. The number of rotatable bonds is 6. The Balaban J connectivity index is 1.68. The van der Waals surface area contributed by atoms with Gasteiger partial charge in [0.1, 0.15) is 5.82 Å². The average molecular weight is 432 g/mol. The van der Waals surface area contributed by atoms with Crippen molar-refractivity contribution in [2.24, 2.45) is 0 Å². The Bertz CT molecular complexity index is 1260. The van der Waals surface area contributed by atoms with E-state index in [1.807, 2.05) is 61.9 Å². The lowest BCUT2D eigenvalue weighted by atomic mass is 10.1. The molecule has 32 heavy (non-hydrogen) atoms. The average Bonchev–Trinajstić information content (AvgIpc) is 3.13. The van der Waals surface area contributed by atoms with E-state index in [0.29, 0.717) is 29.2 Å². The smallest absolute Gasteiger partial charge is 0.253 e. The zero-order valence-corrected chi connectivity index (χ0v) is 18.7. The molecule has 0 unspecified atom stereocenters. The first-order valence-electron chi connectivity index (χ1n) is 10.4. The monoisotopic (exact) mass is 431 g/mol. The number of amides is 1. The van der Waals surface area contributed by atoms with Crippen molar-refractivity contribution in [3.8, 4) is 17.1 Å². The number of aryl methyl sites for hydroxylation is 1. The van der Waals surface area contributed by atoms with Crippen molar-refractivity contribution in [3.63, 3.8) is 0 Å². The molecule has 0 atom stereocenters. The molecule has 0 saturated heterocycles. The van der Waals surface area contributed by atoms with Crippen LogP contribution < -0.4 is 0 Å². The SMILES string of the molecule is Cc1cn(-c2ncc(-c3ccccc3F)cn2)c2cc(C(=O)N(C)CCN(C)C)ccc12. The Morgan fingerprint density at radius 1 is 1.03 bits per heavy atom. The first-order valence-corrected chi connectivity index (χ1v) is 10.4. The molecule has 0 saturated carbocycles. The Kier molecular flexibility index (Phi) is 6.01. The lowest BCUT2D eigenvalue weighted by Gasteiger charge is -2.19. The molecular formula is C25H26FN5O. The predicted molar refractivity (Wildman–Crippen MR) is 125 cm³/mol. The van der Waals surface area contributed by atoms with Gasteiger partial charge in [-0.3, -0.25) is 9.36 Å². The molecule has 0 N–H and O–H groups in total. The number of benzene rings is 2. The summed E-state index contributed by atoms with van der Waals surface area (Å²) in [6.07, 6.45) is 5.19. The van der Waals surface area contributed by atoms with Gasteiger partial charge in [-0.2, -0.15) is 0 Å². The molecule has 2 heterocycles. The standard InChI is InChI=1S/C25H26FN5O/c1-17-16-31(25-27-14-19(15-28-25)21-7-5-6-8-22(21)26)23-13-18(9-10-20(17)23)24(32)30(4)12-11-29(2)3/h5-10,13-16H,11-12H2,1-4H3. The van der Waals surface area contributed by atoms with Gasteiger partial charge < -0.3 is 9.80 Å². The number of nitrogens with zero attached hydrogens (tertiary/aromatic N) is 5. The second-order valence-electron chi connectivity index (χ2n) is 8.20.